The molecule has 16 heavy (non-hydrogen) atoms. The minimum atomic E-state index is -0.0932. The lowest BCUT2D eigenvalue weighted by atomic mass is 10.0. The van der Waals surface area contributed by atoms with Gasteiger partial charge in [-0.05, 0) is 24.6 Å². The van der Waals surface area contributed by atoms with Crippen molar-refractivity contribution in [1.82, 2.24) is 5.32 Å². The lowest BCUT2D eigenvalue weighted by Crippen LogP contribution is -2.11. The van der Waals surface area contributed by atoms with E-state index in [1.165, 1.54) is 6.92 Å². The summed E-state index contributed by atoms with van der Waals surface area (Å²) < 4.78 is 5.20. The second-order valence-electron chi connectivity index (χ2n) is 4.28. The second-order valence-corrected chi connectivity index (χ2v) is 4.28. The van der Waals surface area contributed by atoms with E-state index in [4.69, 9.17) is 4.74 Å². The highest BCUT2D eigenvalue weighted by molar-refractivity contribution is 5.90. The third kappa shape index (κ3) is 2.02. The van der Waals surface area contributed by atoms with Crippen LogP contribution < -0.4 is 15.4 Å². The number of anilines is 1. The molecule has 1 amide bonds. The summed E-state index contributed by atoms with van der Waals surface area (Å²) in [5.74, 6) is 0.590. The second kappa shape index (κ2) is 3.79. The van der Waals surface area contributed by atoms with Gasteiger partial charge in [0.05, 0.1) is 18.3 Å². The minimum Gasteiger partial charge on any atom is -0.495 e. The highest BCUT2D eigenvalue weighted by Gasteiger charge is 2.38. The van der Waals surface area contributed by atoms with Crippen LogP contribution in [0.1, 0.15) is 19.4 Å². The largest absolute Gasteiger partial charge is 0.495 e. The molecule has 86 valence electrons. The van der Waals surface area contributed by atoms with E-state index in [2.05, 4.69) is 17.6 Å². The molecule has 4 heteroatoms. The van der Waals surface area contributed by atoms with Crippen LogP contribution in [0.15, 0.2) is 18.2 Å². The summed E-state index contributed by atoms with van der Waals surface area (Å²) in [7, 11) is 1.59. The minimum absolute atomic E-state index is 0.0551. The molecule has 1 aromatic rings. The molecule has 4 nitrogen and oxygen atoms in total. The third-order valence-corrected chi connectivity index (χ3v) is 2.85. The molecule has 0 aromatic heterocycles. The SMILES string of the molecule is COc1ccc(C2(C)CN2)cc1NC(C)=O. The first-order valence-corrected chi connectivity index (χ1v) is 5.26. The molecule has 1 aliphatic rings. The Kier molecular flexibility index (Phi) is 2.59. The number of rotatable bonds is 3. The van der Waals surface area contributed by atoms with Crippen molar-refractivity contribution in [3.05, 3.63) is 23.8 Å². The highest BCUT2D eigenvalue weighted by Crippen LogP contribution is 2.35. The molecule has 1 heterocycles. The van der Waals surface area contributed by atoms with Gasteiger partial charge < -0.3 is 15.4 Å². The topological polar surface area (TPSA) is 60.3 Å². The van der Waals surface area contributed by atoms with Crippen molar-refractivity contribution in [2.24, 2.45) is 0 Å². The Bertz CT molecular complexity index is 425. The van der Waals surface area contributed by atoms with Gasteiger partial charge in [-0.3, -0.25) is 4.79 Å². The van der Waals surface area contributed by atoms with Crippen molar-refractivity contribution >= 4 is 11.6 Å². The fourth-order valence-electron chi connectivity index (χ4n) is 1.68. The molecule has 0 aliphatic carbocycles. The number of ether oxygens (including phenoxy) is 1. The van der Waals surface area contributed by atoms with Crippen molar-refractivity contribution < 1.29 is 9.53 Å². The quantitative estimate of drug-likeness (QED) is 0.758. The first-order valence-electron chi connectivity index (χ1n) is 5.26. The van der Waals surface area contributed by atoms with Crippen LogP contribution in [-0.2, 0) is 10.3 Å². The number of nitrogens with one attached hydrogen (secondary N) is 2. The van der Waals surface area contributed by atoms with Crippen LogP contribution in [0, 0.1) is 0 Å². The molecule has 1 aromatic carbocycles. The fraction of sp³-hybridized carbons (Fsp3) is 0.417. The molecular formula is C12H16N2O2. The van der Waals surface area contributed by atoms with E-state index in [0.29, 0.717) is 5.75 Å². The van der Waals surface area contributed by atoms with Crippen molar-refractivity contribution in [3.63, 3.8) is 0 Å². The number of hydrogen-bond acceptors (Lipinski definition) is 3. The van der Waals surface area contributed by atoms with Crippen LogP contribution >= 0.6 is 0 Å². The van der Waals surface area contributed by atoms with Gasteiger partial charge in [-0.1, -0.05) is 6.07 Å². The molecule has 1 aliphatic heterocycles. The summed E-state index contributed by atoms with van der Waals surface area (Å²) in [5, 5.41) is 6.06. The molecule has 0 radical (unpaired) electrons. The molecule has 1 fully saturated rings. The zero-order valence-electron chi connectivity index (χ0n) is 9.76. The molecule has 1 atom stereocenters. The van der Waals surface area contributed by atoms with E-state index in [1.54, 1.807) is 7.11 Å². The van der Waals surface area contributed by atoms with Crippen molar-refractivity contribution in [3.8, 4) is 5.75 Å². The highest BCUT2D eigenvalue weighted by atomic mass is 16.5. The summed E-state index contributed by atoms with van der Waals surface area (Å²) in [6.45, 7) is 4.59. The Morgan fingerprint density at radius 3 is 2.75 bits per heavy atom. The maximum atomic E-state index is 11.1. The van der Waals surface area contributed by atoms with Crippen molar-refractivity contribution in [2.45, 2.75) is 19.4 Å². The lowest BCUT2D eigenvalue weighted by molar-refractivity contribution is -0.114. The fourth-order valence-corrected chi connectivity index (χ4v) is 1.68. The maximum absolute atomic E-state index is 11.1. The average molecular weight is 220 g/mol. The average Bonchev–Trinajstić information content (AvgIpc) is 2.97. The molecule has 0 spiro atoms. The van der Waals surface area contributed by atoms with Crippen LogP contribution in [0.25, 0.3) is 0 Å². The van der Waals surface area contributed by atoms with E-state index in [-0.39, 0.29) is 11.4 Å². The molecule has 2 N–H and O–H groups in total. The summed E-state index contributed by atoms with van der Waals surface area (Å²) in [4.78, 5) is 11.1. The maximum Gasteiger partial charge on any atom is 0.221 e. The van der Waals surface area contributed by atoms with Gasteiger partial charge in [-0.25, -0.2) is 0 Å². The molecular weight excluding hydrogens is 204 g/mol. The van der Waals surface area contributed by atoms with Gasteiger partial charge in [0.15, 0.2) is 0 Å². The van der Waals surface area contributed by atoms with Crippen molar-refractivity contribution in [2.75, 3.05) is 19.0 Å². The summed E-state index contributed by atoms with van der Waals surface area (Å²) in [6.07, 6.45) is 0. The van der Waals surface area contributed by atoms with Crippen molar-refractivity contribution in [1.29, 1.82) is 0 Å². The molecule has 2 rings (SSSR count). The van der Waals surface area contributed by atoms with Crippen LogP contribution in [-0.4, -0.2) is 19.6 Å². The Hall–Kier alpha value is -1.55. The zero-order valence-corrected chi connectivity index (χ0v) is 9.76. The standard InChI is InChI=1S/C12H16N2O2/c1-8(15)14-10-6-9(12(2)7-13-12)4-5-11(10)16-3/h4-6,13H,7H2,1-3H3,(H,14,15). The lowest BCUT2D eigenvalue weighted by Gasteiger charge is -2.13. The Balaban J connectivity index is 2.34. The van der Waals surface area contributed by atoms with Gasteiger partial charge >= 0.3 is 0 Å². The van der Waals surface area contributed by atoms with Crippen LogP contribution in [0.5, 0.6) is 5.75 Å². The number of hydrogen-bond donors (Lipinski definition) is 2. The van der Waals surface area contributed by atoms with Gasteiger partial charge in [-0.15, -0.1) is 0 Å². The van der Waals surface area contributed by atoms with Gasteiger partial charge in [0, 0.05) is 13.5 Å². The smallest absolute Gasteiger partial charge is 0.221 e. The van der Waals surface area contributed by atoms with Crippen LogP contribution in [0.4, 0.5) is 5.69 Å². The predicted molar refractivity (Wildman–Crippen MR) is 62.7 cm³/mol. The number of methoxy groups -OCH3 is 1. The molecule has 1 unspecified atom stereocenters. The summed E-state index contributed by atoms with van der Waals surface area (Å²) >= 11 is 0. The van der Waals surface area contributed by atoms with E-state index < -0.39 is 0 Å². The van der Waals surface area contributed by atoms with Gasteiger partial charge in [-0.2, -0.15) is 0 Å². The zero-order chi connectivity index (χ0) is 11.8. The predicted octanol–water partition coefficient (Wildman–Crippen LogP) is 1.47. The third-order valence-electron chi connectivity index (χ3n) is 2.85. The van der Waals surface area contributed by atoms with E-state index >= 15 is 0 Å². The van der Waals surface area contributed by atoms with E-state index in [1.807, 2.05) is 18.2 Å². The first kappa shape index (κ1) is 11.0. The molecule has 0 saturated carbocycles. The Morgan fingerprint density at radius 2 is 2.25 bits per heavy atom. The monoisotopic (exact) mass is 220 g/mol. The number of carbonyl (C=O) groups excluding carboxylic acids is 1. The van der Waals surface area contributed by atoms with Crippen LogP contribution in [0.3, 0.4) is 0 Å². The Morgan fingerprint density at radius 1 is 1.56 bits per heavy atom. The number of carbonyl (C=O) groups is 1. The summed E-state index contributed by atoms with van der Waals surface area (Å²) in [5.41, 5.74) is 1.94. The van der Waals surface area contributed by atoms with Gasteiger partial charge in [0.2, 0.25) is 5.91 Å². The van der Waals surface area contributed by atoms with E-state index in [9.17, 15) is 4.79 Å². The number of amides is 1. The number of benzene rings is 1. The van der Waals surface area contributed by atoms with Crippen LogP contribution in [0.2, 0.25) is 0 Å². The first-order chi connectivity index (χ1) is 7.55. The van der Waals surface area contributed by atoms with Gasteiger partial charge in [0.1, 0.15) is 5.75 Å². The Labute approximate surface area is 95.0 Å². The molecule has 1 saturated heterocycles. The van der Waals surface area contributed by atoms with E-state index in [0.717, 1.165) is 17.8 Å². The molecule has 0 bridgehead atoms. The van der Waals surface area contributed by atoms with Gasteiger partial charge in [0.25, 0.3) is 0 Å². The summed E-state index contributed by atoms with van der Waals surface area (Å²) in [6, 6.07) is 5.86. The normalized spacial score (nSPS) is 22.7.